The number of rotatable bonds is 4. The van der Waals surface area contributed by atoms with Crippen LogP contribution in [0.3, 0.4) is 0 Å². The summed E-state index contributed by atoms with van der Waals surface area (Å²) in [5.41, 5.74) is 11.5. The Morgan fingerprint density at radius 1 is 1.33 bits per heavy atom. The highest BCUT2D eigenvalue weighted by molar-refractivity contribution is 6.34. The molecular weight excluding hydrogens is 254 g/mol. The van der Waals surface area contributed by atoms with E-state index in [9.17, 15) is 9.59 Å². The molecule has 6 heteroatoms. The molecule has 0 heterocycles. The van der Waals surface area contributed by atoms with E-state index >= 15 is 0 Å². The third-order valence-corrected chi connectivity index (χ3v) is 2.86. The minimum absolute atomic E-state index is 0.00287. The summed E-state index contributed by atoms with van der Waals surface area (Å²) in [6.45, 7) is 3.68. The summed E-state index contributed by atoms with van der Waals surface area (Å²) >= 11 is 5.92. The van der Waals surface area contributed by atoms with Crippen molar-refractivity contribution in [3.63, 3.8) is 0 Å². The van der Waals surface area contributed by atoms with Crippen LogP contribution in [0.5, 0.6) is 0 Å². The first-order valence-electron chi connectivity index (χ1n) is 5.48. The number of benzene rings is 1. The van der Waals surface area contributed by atoms with Gasteiger partial charge in [0.15, 0.2) is 0 Å². The molecule has 0 saturated heterocycles. The van der Waals surface area contributed by atoms with Gasteiger partial charge in [-0.1, -0.05) is 25.4 Å². The smallest absolute Gasteiger partial charge is 0.248 e. The molecule has 0 aliphatic rings. The lowest BCUT2D eigenvalue weighted by Crippen LogP contribution is -2.39. The number of nitrogens with two attached hydrogens (primary N) is 2. The molecule has 0 aliphatic carbocycles. The second kappa shape index (κ2) is 5.84. The number of primary amides is 1. The van der Waals surface area contributed by atoms with Crippen molar-refractivity contribution in [2.45, 2.75) is 19.9 Å². The zero-order valence-electron chi connectivity index (χ0n) is 10.2. The van der Waals surface area contributed by atoms with Gasteiger partial charge in [-0.15, -0.1) is 0 Å². The largest absolute Gasteiger partial charge is 0.366 e. The predicted octanol–water partition coefficient (Wildman–Crippen LogP) is 1.36. The average Bonchev–Trinajstić information content (AvgIpc) is 2.30. The molecule has 1 aromatic rings. The van der Waals surface area contributed by atoms with Crippen LogP contribution in [-0.2, 0) is 4.79 Å². The van der Waals surface area contributed by atoms with Crippen LogP contribution >= 0.6 is 11.6 Å². The Labute approximate surface area is 110 Å². The van der Waals surface area contributed by atoms with Gasteiger partial charge in [0.05, 0.1) is 16.8 Å². The van der Waals surface area contributed by atoms with Crippen molar-refractivity contribution in [3.05, 3.63) is 28.8 Å². The Kier molecular flexibility index (Phi) is 4.69. The first-order valence-corrected chi connectivity index (χ1v) is 5.86. The Morgan fingerprint density at radius 3 is 2.44 bits per heavy atom. The molecule has 0 aromatic heterocycles. The van der Waals surface area contributed by atoms with Gasteiger partial charge < -0.3 is 16.8 Å². The van der Waals surface area contributed by atoms with Gasteiger partial charge in [0.2, 0.25) is 11.8 Å². The van der Waals surface area contributed by atoms with Crippen LogP contribution in [0.15, 0.2) is 18.2 Å². The normalized spacial score (nSPS) is 12.3. The third kappa shape index (κ3) is 3.45. The molecule has 0 spiro atoms. The molecule has 0 fully saturated rings. The van der Waals surface area contributed by atoms with Gasteiger partial charge in [-0.05, 0) is 24.1 Å². The molecule has 5 N–H and O–H groups in total. The van der Waals surface area contributed by atoms with E-state index in [1.807, 2.05) is 13.8 Å². The van der Waals surface area contributed by atoms with Crippen LogP contribution in [0.4, 0.5) is 5.69 Å². The summed E-state index contributed by atoms with van der Waals surface area (Å²) in [6, 6.07) is 3.77. The van der Waals surface area contributed by atoms with Crippen LogP contribution in [0.25, 0.3) is 0 Å². The number of amides is 2. The lowest BCUT2D eigenvalue weighted by Gasteiger charge is -2.16. The van der Waals surface area contributed by atoms with E-state index in [4.69, 9.17) is 23.1 Å². The molecule has 1 rings (SSSR count). The predicted molar refractivity (Wildman–Crippen MR) is 71.4 cm³/mol. The maximum Gasteiger partial charge on any atom is 0.248 e. The summed E-state index contributed by atoms with van der Waals surface area (Å²) < 4.78 is 0. The van der Waals surface area contributed by atoms with Crippen LogP contribution in [0, 0.1) is 5.92 Å². The van der Waals surface area contributed by atoms with Crippen molar-refractivity contribution in [3.8, 4) is 0 Å². The van der Waals surface area contributed by atoms with Gasteiger partial charge in [-0.3, -0.25) is 9.59 Å². The van der Waals surface area contributed by atoms with E-state index in [-0.39, 0.29) is 17.4 Å². The average molecular weight is 270 g/mol. The second-order valence-corrected chi connectivity index (χ2v) is 4.73. The quantitative estimate of drug-likeness (QED) is 0.770. The van der Waals surface area contributed by atoms with Crippen molar-refractivity contribution in [2.75, 3.05) is 5.32 Å². The van der Waals surface area contributed by atoms with Crippen molar-refractivity contribution in [1.82, 2.24) is 0 Å². The van der Waals surface area contributed by atoms with Gasteiger partial charge in [0.25, 0.3) is 0 Å². The Hall–Kier alpha value is -1.59. The fourth-order valence-corrected chi connectivity index (χ4v) is 1.46. The molecule has 0 unspecified atom stereocenters. The summed E-state index contributed by atoms with van der Waals surface area (Å²) in [7, 11) is 0. The number of carbonyl (C=O) groups excluding carboxylic acids is 2. The number of nitrogens with one attached hydrogen (secondary N) is 1. The minimum Gasteiger partial charge on any atom is -0.366 e. The number of halogens is 1. The van der Waals surface area contributed by atoms with Gasteiger partial charge in [0, 0.05) is 5.56 Å². The van der Waals surface area contributed by atoms with E-state index in [1.54, 1.807) is 0 Å². The SMILES string of the molecule is CC(C)[C@H](N)C(=O)Nc1cc(C(N)=O)ccc1Cl. The van der Waals surface area contributed by atoms with Crippen molar-refractivity contribution >= 4 is 29.1 Å². The molecule has 0 saturated carbocycles. The molecule has 2 amide bonds. The first kappa shape index (κ1) is 14.5. The van der Waals surface area contributed by atoms with Crippen LogP contribution in [-0.4, -0.2) is 17.9 Å². The summed E-state index contributed by atoms with van der Waals surface area (Å²) in [5, 5.41) is 2.91. The minimum atomic E-state index is -0.640. The lowest BCUT2D eigenvalue weighted by molar-refractivity contribution is -0.118. The Morgan fingerprint density at radius 2 is 1.94 bits per heavy atom. The number of anilines is 1. The second-order valence-electron chi connectivity index (χ2n) is 4.32. The highest BCUT2D eigenvalue weighted by atomic mass is 35.5. The van der Waals surface area contributed by atoms with Crippen molar-refractivity contribution < 1.29 is 9.59 Å². The van der Waals surface area contributed by atoms with Gasteiger partial charge in [0.1, 0.15) is 0 Å². The summed E-state index contributed by atoms with van der Waals surface area (Å²) in [4.78, 5) is 22.8. The van der Waals surface area contributed by atoms with E-state index in [1.165, 1.54) is 18.2 Å². The Balaban J connectivity index is 2.93. The van der Waals surface area contributed by atoms with Crippen molar-refractivity contribution in [2.24, 2.45) is 17.4 Å². The molecule has 0 radical (unpaired) electrons. The topological polar surface area (TPSA) is 98.2 Å². The van der Waals surface area contributed by atoms with E-state index in [0.29, 0.717) is 10.7 Å². The summed E-state index contributed by atoms with van der Waals surface area (Å²) in [5.74, 6) is -0.938. The number of carbonyl (C=O) groups is 2. The van der Waals surface area contributed by atoms with Crippen LogP contribution < -0.4 is 16.8 Å². The Bertz CT molecular complexity index is 474. The van der Waals surface area contributed by atoms with E-state index in [0.717, 1.165) is 0 Å². The maximum atomic E-state index is 11.8. The fourth-order valence-electron chi connectivity index (χ4n) is 1.29. The van der Waals surface area contributed by atoms with E-state index < -0.39 is 11.9 Å². The fraction of sp³-hybridized carbons (Fsp3) is 0.333. The maximum absolute atomic E-state index is 11.8. The molecule has 0 bridgehead atoms. The standard InChI is InChI=1S/C12H16ClN3O2/c1-6(2)10(14)12(18)16-9-5-7(11(15)17)3-4-8(9)13/h3-6,10H,14H2,1-2H3,(H2,15,17)(H,16,18)/t10-/m0/s1. The van der Waals surface area contributed by atoms with Crippen molar-refractivity contribution in [1.29, 1.82) is 0 Å². The molecule has 1 atom stereocenters. The first-order chi connectivity index (χ1) is 8.32. The molecule has 18 heavy (non-hydrogen) atoms. The monoisotopic (exact) mass is 269 g/mol. The van der Waals surface area contributed by atoms with Crippen LogP contribution in [0.1, 0.15) is 24.2 Å². The van der Waals surface area contributed by atoms with Crippen LogP contribution in [0.2, 0.25) is 5.02 Å². The molecule has 5 nitrogen and oxygen atoms in total. The molecule has 1 aromatic carbocycles. The molecule has 98 valence electrons. The highest BCUT2D eigenvalue weighted by Gasteiger charge is 2.18. The van der Waals surface area contributed by atoms with Gasteiger partial charge >= 0.3 is 0 Å². The third-order valence-electron chi connectivity index (χ3n) is 2.53. The van der Waals surface area contributed by atoms with E-state index in [2.05, 4.69) is 5.32 Å². The van der Waals surface area contributed by atoms with Gasteiger partial charge in [-0.2, -0.15) is 0 Å². The summed E-state index contributed by atoms with van der Waals surface area (Å²) in [6.07, 6.45) is 0. The number of hydrogen-bond donors (Lipinski definition) is 3. The zero-order valence-corrected chi connectivity index (χ0v) is 11.0. The number of hydrogen-bond acceptors (Lipinski definition) is 3. The zero-order chi connectivity index (χ0) is 13.9. The molecular formula is C12H16ClN3O2. The van der Waals surface area contributed by atoms with Gasteiger partial charge in [-0.25, -0.2) is 0 Å². The molecule has 0 aliphatic heterocycles. The lowest BCUT2D eigenvalue weighted by atomic mass is 10.0. The highest BCUT2D eigenvalue weighted by Crippen LogP contribution is 2.23.